The number of para-hydroxylation sites is 2. The number of hydrogen-bond donors (Lipinski definition) is 2. The molecule has 1 fully saturated rings. The van der Waals surface area contributed by atoms with Crippen LogP contribution in [-0.2, 0) is 10.2 Å². The Kier molecular flexibility index (Phi) is 3.65. The van der Waals surface area contributed by atoms with Crippen molar-refractivity contribution in [3.63, 3.8) is 0 Å². The molecule has 0 aromatic heterocycles. The van der Waals surface area contributed by atoms with E-state index in [1.807, 2.05) is 36.4 Å². The fourth-order valence-corrected chi connectivity index (χ4v) is 3.24. The van der Waals surface area contributed by atoms with Gasteiger partial charge >= 0.3 is 0 Å². The average Bonchev–Trinajstić information content (AvgIpc) is 3.01. The van der Waals surface area contributed by atoms with Crippen molar-refractivity contribution < 1.29 is 4.79 Å². The Bertz CT molecular complexity index is 631. The van der Waals surface area contributed by atoms with Crippen LogP contribution in [0.3, 0.4) is 0 Å². The SMILES string of the molecule is Nc1ccccc1NC(=O)C1(c2ccccc2)CCCC1. The summed E-state index contributed by atoms with van der Waals surface area (Å²) >= 11 is 0. The van der Waals surface area contributed by atoms with E-state index >= 15 is 0 Å². The molecule has 3 nitrogen and oxygen atoms in total. The molecule has 0 saturated heterocycles. The molecule has 0 aliphatic heterocycles. The number of nitrogen functional groups attached to an aromatic ring is 1. The summed E-state index contributed by atoms with van der Waals surface area (Å²) in [5.74, 6) is 0.0594. The summed E-state index contributed by atoms with van der Waals surface area (Å²) in [5, 5.41) is 3.03. The first-order valence-electron chi connectivity index (χ1n) is 7.44. The quantitative estimate of drug-likeness (QED) is 0.842. The minimum absolute atomic E-state index is 0.0594. The molecule has 0 heterocycles. The molecule has 3 heteroatoms. The number of rotatable bonds is 3. The van der Waals surface area contributed by atoms with Crippen LogP contribution in [0.4, 0.5) is 11.4 Å². The first kappa shape index (κ1) is 13.7. The van der Waals surface area contributed by atoms with Crippen LogP contribution in [-0.4, -0.2) is 5.91 Å². The van der Waals surface area contributed by atoms with Crippen LogP contribution in [0.25, 0.3) is 0 Å². The second-order valence-corrected chi connectivity index (χ2v) is 5.70. The molecule has 108 valence electrons. The van der Waals surface area contributed by atoms with Gasteiger partial charge in [0.05, 0.1) is 16.8 Å². The maximum atomic E-state index is 12.9. The van der Waals surface area contributed by atoms with E-state index in [0.29, 0.717) is 11.4 Å². The van der Waals surface area contributed by atoms with Gasteiger partial charge in [0.2, 0.25) is 5.91 Å². The van der Waals surface area contributed by atoms with Crippen molar-refractivity contribution in [1.82, 2.24) is 0 Å². The lowest BCUT2D eigenvalue weighted by Crippen LogP contribution is -2.38. The summed E-state index contributed by atoms with van der Waals surface area (Å²) in [7, 11) is 0. The topological polar surface area (TPSA) is 55.1 Å². The smallest absolute Gasteiger partial charge is 0.235 e. The monoisotopic (exact) mass is 280 g/mol. The minimum atomic E-state index is -0.413. The molecule has 3 rings (SSSR count). The van der Waals surface area contributed by atoms with Gasteiger partial charge in [-0.15, -0.1) is 0 Å². The highest BCUT2D eigenvalue weighted by molar-refractivity contribution is 6.01. The molecule has 21 heavy (non-hydrogen) atoms. The largest absolute Gasteiger partial charge is 0.397 e. The van der Waals surface area contributed by atoms with Crippen LogP contribution < -0.4 is 11.1 Å². The Morgan fingerprint density at radius 2 is 1.57 bits per heavy atom. The van der Waals surface area contributed by atoms with Gasteiger partial charge in [-0.3, -0.25) is 4.79 Å². The van der Waals surface area contributed by atoms with Crippen LogP contribution in [0.2, 0.25) is 0 Å². The molecule has 0 radical (unpaired) electrons. The fraction of sp³-hybridized carbons (Fsp3) is 0.278. The molecule has 2 aromatic rings. The van der Waals surface area contributed by atoms with Gasteiger partial charge in [0.25, 0.3) is 0 Å². The molecule has 1 saturated carbocycles. The van der Waals surface area contributed by atoms with Gasteiger partial charge in [-0.05, 0) is 30.5 Å². The van der Waals surface area contributed by atoms with Crippen molar-refractivity contribution in [1.29, 1.82) is 0 Å². The third-order valence-electron chi connectivity index (χ3n) is 4.43. The standard InChI is InChI=1S/C18H20N2O/c19-15-10-4-5-11-16(15)20-17(21)18(12-6-7-13-18)14-8-2-1-3-9-14/h1-5,8-11H,6-7,12-13,19H2,(H,20,21). The summed E-state index contributed by atoms with van der Waals surface area (Å²) in [6.45, 7) is 0. The van der Waals surface area contributed by atoms with E-state index < -0.39 is 5.41 Å². The number of carbonyl (C=O) groups excluding carboxylic acids is 1. The molecule has 0 atom stereocenters. The molecular weight excluding hydrogens is 260 g/mol. The Hall–Kier alpha value is -2.29. The van der Waals surface area contributed by atoms with Crippen LogP contribution in [0.5, 0.6) is 0 Å². The summed E-state index contributed by atoms with van der Waals surface area (Å²) in [5.41, 5.74) is 7.93. The van der Waals surface area contributed by atoms with Gasteiger partial charge in [0.1, 0.15) is 0 Å². The summed E-state index contributed by atoms with van der Waals surface area (Å²) in [4.78, 5) is 12.9. The Morgan fingerprint density at radius 1 is 0.952 bits per heavy atom. The molecule has 2 aromatic carbocycles. The molecule has 0 unspecified atom stereocenters. The molecule has 0 spiro atoms. The number of anilines is 2. The highest BCUT2D eigenvalue weighted by Gasteiger charge is 2.42. The molecule has 1 amide bonds. The number of carbonyl (C=O) groups is 1. The average molecular weight is 280 g/mol. The highest BCUT2D eigenvalue weighted by Crippen LogP contribution is 2.42. The van der Waals surface area contributed by atoms with E-state index in [9.17, 15) is 4.79 Å². The Balaban J connectivity index is 1.92. The maximum Gasteiger partial charge on any atom is 0.235 e. The Labute approximate surface area is 125 Å². The number of nitrogens with one attached hydrogen (secondary N) is 1. The lowest BCUT2D eigenvalue weighted by atomic mass is 9.78. The first-order chi connectivity index (χ1) is 10.2. The van der Waals surface area contributed by atoms with Crippen molar-refractivity contribution in [3.05, 3.63) is 60.2 Å². The van der Waals surface area contributed by atoms with Crippen LogP contribution in [0.1, 0.15) is 31.2 Å². The number of amides is 1. The maximum absolute atomic E-state index is 12.9. The predicted molar refractivity (Wildman–Crippen MR) is 86.1 cm³/mol. The number of hydrogen-bond acceptors (Lipinski definition) is 2. The molecule has 0 bridgehead atoms. The fourth-order valence-electron chi connectivity index (χ4n) is 3.24. The van der Waals surface area contributed by atoms with Crippen molar-refractivity contribution in [3.8, 4) is 0 Å². The van der Waals surface area contributed by atoms with Crippen molar-refractivity contribution >= 4 is 17.3 Å². The van der Waals surface area contributed by atoms with Crippen molar-refractivity contribution in [2.45, 2.75) is 31.1 Å². The van der Waals surface area contributed by atoms with Crippen molar-refractivity contribution in [2.24, 2.45) is 0 Å². The van der Waals surface area contributed by atoms with E-state index in [2.05, 4.69) is 17.4 Å². The predicted octanol–water partition coefficient (Wildman–Crippen LogP) is 3.72. The van der Waals surface area contributed by atoms with Crippen LogP contribution in [0.15, 0.2) is 54.6 Å². The third-order valence-corrected chi connectivity index (χ3v) is 4.43. The minimum Gasteiger partial charge on any atom is -0.397 e. The third kappa shape index (κ3) is 2.51. The van der Waals surface area contributed by atoms with E-state index in [4.69, 9.17) is 5.73 Å². The number of nitrogens with two attached hydrogens (primary N) is 1. The van der Waals surface area contributed by atoms with E-state index in [1.165, 1.54) is 0 Å². The second kappa shape index (κ2) is 5.60. The summed E-state index contributed by atoms with van der Waals surface area (Å²) in [6, 6.07) is 17.5. The Morgan fingerprint density at radius 3 is 2.24 bits per heavy atom. The van der Waals surface area contributed by atoms with Gasteiger partial charge in [0.15, 0.2) is 0 Å². The molecule has 1 aliphatic rings. The molecular formula is C18H20N2O. The van der Waals surface area contributed by atoms with Crippen molar-refractivity contribution in [2.75, 3.05) is 11.1 Å². The highest BCUT2D eigenvalue weighted by atomic mass is 16.2. The normalized spacial score (nSPS) is 16.6. The van der Waals surface area contributed by atoms with E-state index in [1.54, 1.807) is 6.07 Å². The van der Waals surface area contributed by atoms with E-state index in [0.717, 1.165) is 31.2 Å². The first-order valence-corrected chi connectivity index (χ1v) is 7.44. The van der Waals surface area contributed by atoms with Gasteiger partial charge < -0.3 is 11.1 Å². The zero-order valence-electron chi connectivity index (χ0n) is 12.0. The summed E-state index contributed by atoms with van der Waals surface area (Å²) < 4.78 is 0. The van der Waals surface area contributed by atoms with E-state index in [-0.39, 0.29) is 5.91 Å². The zero-order valence-corrected chi connectivity index (χ0v) is 12.0. The number of benzene rings is 2. The van der Waals surface area contributed by atoms with Gasteiger partial charge in [0, 0.05) is 0 Å². The van der Waals surface area contributed by atoms with Gasteiger partial charge in [-0.2, -0.15) is 0 Å². The van der Waals surface area contributed by atoms with Gasteiger partial charge in [-0.1, -0.05) is 55.3 Å². The lowest BCUT2D eigenvalue weighted by Gasteiger charge is -2.28. The zero-order chi connectivity index (χ0) is 14.7. The summed E-state index contributed by atoms with van der Waals surface area (Å²) in [6.07, 6.45) is 3.98. The van der Waals surface area contributed by atoms with Gasteiger partial charge in [-0.25, -0.2) is 0 Å². The lowest BCUT2D eigenvalue weighted by molar-refractivity contribution is -0.121. The molecule has 1 aliphatic carbocycles. The molecule has 3 N–H and O–H groups in total. The van der Waals surface area contributed by atoms with Crippen LogP contribution in [0, 0.1) is 0 Å². The second-order valence-electron chi connectivity index (χ2n) is 5.70. The van der Waals surface area contributed by atoms with Crippen LogP contribution >= 0.6 is 0 Å².